The minimum Gasteiger partial charge on any atom is -0.477 e. The van der Waals surface area contributed by atoms with Gasteiger partial charge in [-0.15, -0.1) is 0 Å². The van der Waals surface area contributed by atoms with Crippen molar-refractivity contribution in [3.05, 3.63) is 78.9 Å². The molecule has 0 spiro atoms. The van der Waals surface area contributed by atoms with E-state index in [0.717, 1.165) is 5.56 Å². The Hall–Kier alpha value is -3.33. The smallest absolute Gasteiger partial charge is 0.342 e. The summed E-state index contributed by atoms with van der Waals surface area (Å²) < 4.78 is 0. The molecule has 1 N–H and O–H groups in total. The maximum atomic E-state index is 10.8. The number of benzene rings is 2. The summed E-state index contributed by atoms with van der Waals surface area (Å²) in [5.74, 6) is -1.28. The summed E-state index contributed by atoms with van der Waals surface area (Å²) in [5.41, 5.74) is 0.470. The molecule has 0 aliphatic heterocycles. The second kappa shape index (κ2) is 8.67. The molecule has 0 saturated carbocycles. The highest BCUT2D eigenvalue weighted by molar-refractivity contribution is 6.68. The average molecular weight is 381 g/mol. The van der Waals surface area contributed by atoms with E-state index in [9.17, 15) is 29.8 Å². The summed E-state index contributed by atoms with van der Waals surface area (Å²) in [6.07, 6.45) is 0. The van der Waals surface area contributed by atoms with Crippen LogP contribution in [0, 0.1) is 34.1 Å². The maximum Gasteiger partial charge on any atom is 0.342 e. The molecule has 0 heterocycles. The molecule has 0 amide bonds. The monoisotopic (exact) mass is 380 g/mol. The summed E-state index contributed by atoms with van der Waals surface area (Å²) in [7, 11) is 0. The van der Waals surface area contributed by atoms with Gasteiger partial charge in [-0.25, -0.2) is 4.79 Å². The van der Waals surface area contributed by atoms with Gasteiger partial charge in [0.2, 0.25) is 0 Å². The summed E-state index contributed by atoms with van der Waals surface area (Å²) in [4.78, 5) is 40.8. The molecule has 0 fully saturated rings. The summed E-state index contributed by atoms with van der Waals surface area (Å²) in [6.45, 7) is 3.41. The summed E-state index contributed by atoms with van der Waals surface area (Å²) in [6, 6.07) is 8.20. The minimum absolute atomic E-state index is 0.0633. The van der Waals surface area contributed by atoms with Gasteiger partial charge in [-0.2, -0.15) is 0 Å². The quantitative estimate of drug-likeness (QED) is 0.481. The predicted octanol–water partition coefficient (Wildman–Crippen LogP) is 3.88. The number of aryl methyl sites for hydroxylation is 2. The van der Waals surface area contributed by atoms with Crippen molar-refractivity contribution in [2.45, 2.75) is 13.8 Å². The van der Waals surface area contributed by atoms with Crippen LogP contribution in [0.4, 0.5) is 11.4 Å². The third-order valence-corrected chi connectivity index (χ3v) is 3.34. The maximum absolute atomic E-state index is 10.8. The lowest BCUT2D eigenvalue weighted by Crippen LogP contribution is -2.02. The molecule has 0 aliphatic rings. The fourth-order valence-electron chi connectivity index (χ4n) is 1.95. The number of carbonyl (C=O) groups excluding carboxylic acids is 1. The van der Waals surface area contributed by atoms with E-state index in [0.29, 0.717) is 5.56 Å². The van der Waals surface area contributed by atoms with Gasteiger partial charge in [-0.1, -0.05) is 12.1 Å². The molecule has 2 aromatic rings. The number of nitrogens with zero attached hydrogens (tertiary/aromatic N) is 2. The zero-order chi connectivity index (χ0) is 20.0. The molecule has 0 bridgehead atoms. The van der Waals surface area contributed by atoms with E-state index in [2.05, 4.69) is 0 Å². The van der Waals surface area contributed by atoms with Crippen molar-refractivity contribution in [1.82, 2.24) is 0 Å². The first-order valence-corrected chi connectivity index (χ1v) is 7.35. The number of nitro benzene ring substituents is 2. The number of hydrogen-bond donors (Lipinski definition) is 1. The number of carboxylic acid groups (broad SMARTS) is 1. The molecule has 2 rings (SSSR count). The Labute approximate surface area is 152 Å². The molecule has 2 aromatic carbocycles. The average Bonchev–Trinajstić information content (AvgIpc) is 2.54. The van der Waals surface area contributed by atoms with Crippen LogP contribution < -0.4 is 0 Å². The lowest BCUT2D eigenvalue weighted by Gasteiger charge is -1.98. The van der Waals surface area contributed by atoms with Crippen LogP contribution in [0.2, 0.25) is 0 Å². The Balaban J connectivity index is 0.000000260. The Morgan fingerprint density at radius 3 is 1.62 bits per heavy atom. The Morgan fingerprint density at radius 2 is 1.27 bits per heavy atom. The lowest BCUT2D eigenvalue weighted by atomic mass is 10.1. The third-order valence-electron chi connectivity index (χ3n) is 3.14. The second-order valence-electron chi connectivity index (χ2n) is 5.13. The zero-order valence-electron chi connectivity index (χ0n) is 13.6. The van der Waals surface area contributed by atoms with Gasteiger partial charge in [0, 0.05) is 12.1 Å². The molecule has 9 nitrogen and oxygen atoms in total. The normalized spacial score (nSPS) is 9.65. The molecule has 0 aliphatic carbocycles. The standard InChI is InChI=1S/C8H6ClNO3.C8H7NO4/c1-5-2-3-7(10(12)13)6(4-5)8(9)11;1-5-2-3-7(9(12)13)6(4-5)8(10)11/h2-4H,1H3;2-4H,1H3,(H,10,11). The Bertz CT molecular complexity index is 823. The number of nitro groups is 2. The minimum atomic E-state index is -1.28. The fraction of sp³-hybridized carbons (Fsp3) is 0.125. The SMILES string of the molecule is Cc1ccc([N+](=O)[O-])c(C(=O)Cl)c1.Cc1ccc([N+](=O)[O-])c(C(=O)O)c1. The highest BCUT2D eigenvalue weighted by atomic mass is 35.5. The first kappa shape index (κ1) is 20.7. The van der Waals surface area contributed by atoms with E-state index < -0.39 is 21.1 Å². The van der Waals surface area contributed by atoms with Crippen molar-refractivity contribution in [1.29, 1.82) is 0 Å². The molecule has 10 heteroatoms. The summed E-state index contributed by atoms with van der Waals surface area (Å²) in [5, 5.41) is 28.6. The molecular weight excluding hydrogens is 368 g/mol. The predicted molar refractivity (Wildman–Crippen MR) is 92.8 cm³/mol. The van der Waals surface area contributed by atoms with Gasteiger partial charge in [0.1, 0.15) is 11.1 Å². The summed E-state index contributed by atoms with van der Waals surface area (Å²) >= 11 is 5.18. The van der Waals surface area contributed by atoms with Crippen LogP contribution in [0.1, 0.15) is 31.8 Å². The molecule has 26 heavy (non-hydrogen) atoms. The van der Waals surface area contributed by atoms with Gasteiger partial charge in [0.05, 0.1) is 9.85 Å². The zero-order valence-corrected chi connectivity index (χ0v) is 14.4. The van der Waals surface area contributed by atoms with Crippen molar-refractivity contribution in [2.75, 3.05) is 0 Å². The number of carbonyl (C=O) groups is 2. The Kier molecular flexibility index (Phi) is 6.91. The number of carboxylic acids is 1. The number of aromatic carboxylic acids is 1. The van der Waals surface area contributed by atoms with Gasteiger partial charge in [-0.3, -0.25) is 25.0 Å². The highest BCUT2D eigenvalue weighted by Crippen LogP contribution is 2.21. The van der Waals surface area contributed by atoms with Crippen LogP contribution in [0.5, 0.6) is 0 Å². The first-order valence-electron chi connectivity index (χ1n) is 6.97. The Morgan fingerprint density at radius 1 is 0.885 bits per heavy atom. The van der Waals surface area contributed by atoms with E-state index in [-0.39, 0.29) is 22.5 Å². The van der Waals surface area contributed by atoms with E-state index in [1.54, 1.807) is 19.9 Å². The molecular formula is C16H13ClN2O7. The van der Waals surface area contributed by atoms with Crippen molar-refractivity contribution in [3.63, 3.8) is 0 Å². The third kappa shape index (κ3) is 5.35. The van der Waals surface area contributed by atoms with Crippen LogP contribution in [0.3, 0.4) is 0 Å². The van der Waals surface area contributed by atoms with E-state index in [4.69, 9.17) is 16.7 Å². The molecule has 0 atom stereocenters. The van der Waals surface area contributed by atoms with Crippen molar-refractivity contribution >= 4 is 34.2 Å². The van der Waals surface area contributed by atoms with Gasteiger partial charge < -0.3 is 5.11 Å². The molecule has 0 saturated heterocycles. The van der Waals surface area contributed by atoms with E-state index in [1.807, 2.05) is 0 Å². The van der Waals surface area contributed by atoms with Crippen LogP contribution in [0.25, 0.3) is 0 Å². The van der Waals surface area contributed by atoms with Crippen molar-refractivity contribution in [3.8, 4) is 0 Å². The van der Waals surface area contributed by atoms with Gasteiger partial charge in [0.25, 0.3) is 16.6 Å². The van der Waals surface area contributed by atoms with Crippen LogP contribution in [-0.2, 0) is 0 Å². The van der Waals surface area contributed by atoms with Crippen molar-refractivity contribution < 1.29 is 24.5 Å². The molecule has 136 valence electrons. The molecule has 0 aromatic heterocycles. The second-order valence-corrected chi connectivity index (χ2v) is 5.48. The van der Waals surface area contributed by atoms with Gasteiger partial charge >= 0.3 is 5.97 Å². The lowest BCUT2D eigenvalue weighted by molar-refractivity contribution is -0.385. The fourth-order valence-corrected chi connectivity index (χ4v) is 2.10. The molecule has 0 radical (unpaired) electrons. The van der Waals surface area contributed by atoms with Gasteiger partial charge in [-0.05, 0) is 48.7 Å². The van der Waals surface area contributed by atoms with Crippen LogP contribution >= 0.6 is 11.6 Å². The highest BCUT2D eigenvalue weighted by Gasteiger charge is 2.19. The number of halogens is 1. The van der Waals surface area contributed by atoms with E-state index >= 15 is 0 Å². The van der Waals surface area contributed by atoms with Crippen LogP contribution in [0.15, 0.2) is 36.4 Å². The largest absolute Gasteiger partial charge is 0.477 e. The molecule has 0 unspecified atom stereocenters. The van der Waals surface area contributed by atoms with Crippen molar-refractivity contribution in [2.24, 2.45) is 0 Å². The first-order chi connectivity index (χ1) is 12.0. The van der Waals surface area contributed by atoms with Crippen LogP contribution in [-0.4, -0.2) is 26.2 Å². The van der Waals surface area contributed by atoms with E-state index in [1.165, 1.54) is 30.3 Å². The topological polar surface area (TPSA) is 141 Å². The number of rotatable bonds is 4. The number of hydrogen-bond acceptors (Lipinski definition) is 6. The van der Waals surface area contributed by atoms with Gasteiger partial charge in [0.15, 0.2) is 0 Å².